The molecule has 1 saturated heterocycles. The van der Waals surface area contributed by atoms with Gasteiger partial charge in [0.15, 0.2) is 0 Å². The Kier molecular flexibility index (Phi) is 4.53. The van der Waals surface area contributed by atoms with Crippen LogP contribution in [0.1, 0.15) is 24.0 Å². The molecule has 0 bridgehead atoms. The predicted molar refractivity (Wildman–Crippen MR) is 75.7 cm³/mol. The van der Waals surface area contributed by atoms with Crippen LogP contribution < -0.4 is 5.73 Å². The number of primary amides is 1. The highest BCUT2D eigenvalue weighted by molar-refractivity contribution is 5.85. The van der Waals surface area contributed by atoms with E-state index < -0.39 is 5.97 Å². The van der Waals surface area contributed by atoms with Crippen molar-refractivity contribution in [1.82, 2.24) is 4.90 Å². The SMILES string of the molecule is NC(=O)C1CCCN1Cc1ccc(C=CC(=O)O)cc1. The first kappa shape index (κ1) is 14.3. The lowest BCUT2D eigenvalue weighted by molar-refractivity contribution is -0.131. The quantitative estimate of drug-likeness (QED) is 0.791. The number of carbonyl (C=O) groups excluding carboxylic acids is 1. The van der Waals surface area contributed by atoms with Gasteiger partial charge in [-0.05, 0) is 36.6 Å². The number of nitrogens with zero attached hydrogens (tertiary/aromatic N) is 1. The van der Waals surface area contributed by atoms with Gasteiger partial charge in [-0.15, -0.1) is 0 Å². The molecule has 20 heavy (non-hydrogen) atoms. The second-order valence-corrected chi connectivity index (χ2v) is 4.94. The number of carboxylic acids is 1. The van der Waals surface area contributed by atoms with Crippen molar-refractivity contribution in [2.24, 2.45) is 5.73 Å². The third-order valence-corrected chi connectivity index (χ3v) is 3.48. The van der Waals surface area contributed by atoms with E-state index in [4.69, 9.17) is 10.8 Å². The zero-order valence-electron chi connectivity index (χ0n) is 11.2. The molecule has 1 aromatic carbocycles. The number of amides is 1. The molecular formula is C15H18N2O3. The van der Waals surface area contributed by atoms with E-state index >= 15 is 0 Å². The van der Waals surface area contributed by atoms with Crippen molar-refractivity contribution in [3.8, 4) is 0 Å². The lowest BCUT2D eigenvalue weighted by atomic mass is 10.1. The van der Waals surface area contributed by atoms with E-state index in [0.29, 0.717) is 6.54 Å². The molecule has 1 unspecified atom stereocenters. The highest BCUT2D eigenvalue weighted by Crippen LogP contribution is 2.20. The first-order valence-corrected chi connectivity index (χ1v) is 6.59. The summed E-state index contributed by atoms with van der Waals surface area (Å²) < 4.78 is 0. The molecule has 1 aliphatic heterocycles. The van der Waals surface area contributed by atoms with Crippen LogP contribution in [0.15, 0.2) is 30.3 Å². The monoisotopic (exact) mass is 274 g/mol. The van der Waals surface area contributed by atoms with Gasteiger partial charge in [0.25, 0.3) is 0 Å². The van der Waals surface area contributed by atoms with Gasteiger partial charge in [0.05, 0.1) is 6.04 Å². The van der Waals surface area contributed by atoms with Gasteiger partial charge in [0.1, 0.15) is 0 Å². The molecule has 5 heteroatoms. The molecule has 1 aliphatic rings. The maximum absolute atomic E-state index is 11.3. The average Bonchev–Trinajstić information content (AvgIpc) is 2.86. The van der Waals surface area contributed by atoms with E-state index in [-0.39, 0.29) is 11.9 Å². The van der Waals surface area contributed by atoms with E-state index in [2.05, 4.69) is 4.90 Å². The zero-order valence-corrected chi connectivity index (χ0v) is 11.2. The maximum atomic E-state index is 11.3. The van der Waals surface area contributed by atoms with Gasteiger partial charge >= 0.3 is 5.97 Å². The summed E-state index contributed by atoms with van der Waals surface area (Å²) in [5.74, 6) is -1.22. The number of nitrogens with two attached hydrogens (primary N) is 1. The van der Waals surface area contributed by atoms with E-state index in [1.54, 1.807) is 6.08 Å². The zero-order chi connectivity index (χ0) is 14.5. The minimum Gasteiger partial charge on any atom is -0.478 e. The van der Waals surface area contributed by atoms with Gasteiger partial charge in [-0.1, -0.05) is 24.3 Å². The second kappa shape index (κ2) is 6.34. The van der Waals surface area contributed by atoms with Crippen molar-refractivity contribution in [1.29, 1.82) is 0 Å². The van der Waals surface area contributed by atoms with Crippen LogP contribution in [0.2, 0.25) is 0 Å². The molecule has 1 aromatic rings. The summed E-state index contributed by atoms with van der Waals surface area (Å²) in [5, 5.41) is 8.56. The van der Waals surface area contributed by atoms with E-state index in [9.17, 15) is 9.59 Å². The number of hydrogen-bond donors (Lipinski definition) is 2. The molecule has 0 aliphatic carbocycles. The molecule has 1 amide bonds. The Morgan fingerprint density at radius 3 is 2.65 bits per heavy atom. The van der Waals surface area contributed by atoms with E-state index in [1.807, 2.05) is 24.3 Å². The fourth-order valence-corrected chi connectivity index (χ4v) is 2.47. The fraction of sp³-hybridized carbons (Fsp3) is 0.333. The maximum Gasteiger partial charge on any atom is 0.328 e. The Balaban J connectivity index is 2.00. The third-order valence-electron chi connectivity index (χ3n) is 3.48. The van der Waals surface area contributed by atoms with Crippen molar-refractivity contribution >= 4 is 18.0 Å². The normalized spacial score (nSPS) is 19.5. The van der Waals surface area contributed by atoms with Crippen LogP contribution in [0, 0.1) is 0 Å². The number of benzene rings is 1. The van der Waals surface area contributed by atoms with E-state index in [1.165, 1.54) is 0 Å². The van der Waals surface area contributed by atoms with Gasteiger partial charge in [0.2, 0.25) is 5.91 Å². The third kappa shape index (κ3) is 3.68. The second-order valence-electron chi connectivity index (χ2n) is 4.94. The molecule has 0 radical (unpaired) electrons. The molecule has 0 aromatic heterocycles. The number of carboxylic acid groups (broad SMARTS) is 1. The number of rotatable bonds is 5. The van der Waals surface area contributed by atoms with Crippen LogP contribution >= 0.6 is 0 Å². The van der Waals surface area contributed by atoms with Gasteiger partial charge in [0, 0.05) is 12.6 Å². The van der Waals surface area contributed by atoms with Crippen molar-refractivity contribution in [3.63, 3.8) is 0 Å². The molecule has 1 fully saturated rings. The topological polar surface area (TPSA) is 83.6 Å². The van der Waals surface area contributed by atoms with Crippen LogP contribution in [-0.2, 0) is 16.1 Å². The summed E-state index contributed by atoms with van der Waals surface area (Å²) >= 11 is 0. The molecule has 0 saturated carbocycles. The molecule has 5 nitrogen and oxygen atoms in total. The predicted octanol–water partition coefficient (Wildman–Crippen LogP) is 1.23. The summed E-state index contributed by atoms with van der Waals surface area (Å²) in [6.07, 6.45) is 4.48. The molecule has 2 rings (SSSR count). The van der Waals surface area contributed by atoms with Gasteiger partial charge in [-0.25, -0.2) is 4.79 Å². The molecule has 1 atom stereocenters. The first-order valence-electron chi connectivity index (χ1n) is 6.59. The summed E-state index contributed by atoms with van der Waals surface area (Å²) in [7, 11) is 0. The summed E-state index contributed by atoms with van der Waals surface area (Å²) in [6, 6.07) is 7.45. The van der Waals surface area contributed by atoms with Gasteiger partial charge in [-0.3, -0.25) is 9.69 Å². The van der Waals surface area contributed by atoms with Crippen LogP contribution in [0.5, 0.6) is 0 Å². The standard InChI is InChI=1S/C15H18N2O3/c16-15(20)13-2-1-9-17(13)10-12-5-3-11(4-6-12)7-8-14(18)19/h3-8,13H,1-2,9-10H2,(H2,16,20)(H,18,19). The molecular weight excluding hydrogens is 256 g/mol. The van der Waals surface area contributed by atoms with Crippen molar-refractivity contribution in [2.45, 2.75) is 25.4 Å². The lowest BCUT2D eigenvalue weighted by Gasteiger charge is -2.21. The largest absolute Gasteiger partial charge is 0.478 e. The molecule has 106 valence electrons. The van der Waals surface area contributed by atoms with Crippen LogP contribution in [-0.4, -0.2) is 34.5 Å². The molecule has 0 spiro atoms. The Morgan fingerprint density at radius 2 is 2.05 bits per heavy atom. The number of hydrogen-bond acceptors (Lipinski definition) is 3. The van der Waals surface area contributed by atoms with Gasteiger partial charge < -0.3 is 10.8 Å². The Morgan fingerprint density at radius 1 is 1.35 bits per heavy atom. The van der Waals surface area contributed by atoms with Crippen LogP contribution in [0.3, 0.4) is 0 Å². The highest BCUT2D eigenvalue weighted by atomic mass is 16.4. The van der Waals surface area contributed by atoms with Crippen molar-refractivity contribution in [3.05, 3.63) is 41.5 Å². The van der Waals surface area contributed by atoms with Crippen LogP contribution in [0.25, 0.3) is 6.08 Å². The molecule has 3 N–H and O–H groups in total. The average molecular weight is 274 g/mol. The summed E-state index contributed by atoms with van der Waals surface area (Å²) in [5.41, 5.74) is 7.31. The highest BCUT2D eigenvalue weighted by Gasteiger charge is 2.28. The Labute approximate surface area is 117 Å². The number of aliphatic carboxylic acids is 1. The number of carbonyl (C=O) groups is 2. The summed E-state index contributed by atoms with van der Waals surface area (Å²) in [4.78, 5) is 23.8. The Bertz CT molecular complexity index is 522. The summed E-state index contributed by atoms with van der Waals surface area (Å²) in [6.45, 7) is 1.57. The Hall–Kier alpha value is -2.14. The van der Waals surface area contributed by atoms with E-state index in [0.717, 1.165) is 36.6 Å². The minimum absolute atomic E-state index is 0.165. The van der Waals surface area contributed by atoms with Gasteiger partial charge in [-0.2, -0.15) is 0 Å². The lowest BCUT2D eigenvalue weighted by Crippen LogP contribution is -2.39. The fourth-order valence-electron chi connectivity index (χ4n) is 2.47. The smallest absolute Gasteiger partial charge is 0.328 e. The molecule has 1 heterocycles. The van der Waals surface area contributed by atoms with Crippen LogP contribution in [0.4, 0.5) is 0 Å². The van der Waals surface area contributed by atoms with Crippen molar-refractivity contribution in [2.75, 3.05) is 6.54 Å². The number of likely N-dealkylation sites (tertiary alicyclic amines) is 1. The first-order chi connectivity index (χ1) is 9.56. The minimum atomic E-state index is -0.963. The van der Waals surface area contributed by atoms with Crippen molar-refractivity contribution < 1.29 is 14.7 Å².